The molecule has 1 amide bonds. The lowest BCUT2D eigenvalue weighted by atomic mass is 9.86. The van der Waals surface area contributed by atoms with E-state index in [-0.39, 0.29) is 11.7 Å². The Hall–Kier alpha value is -3.03. The third kappa shape index (κ3) is 5.85. The highest BCUT2D eigenvalue weighted by molar-refractivity contribution is 5.94. The molecule has 190 valence electrons. The molecule has 3 aromatic rings. The lowest BCUT2D eigenvalue weighted by molar-refractivity contribution is -0.0172. The number of piperidine rings is 2. The van der Waals surface area contributed by atoms with Crippen molar-refractivity contribution in [1.29, 1.82) is 0 Å². The first-order valence-corrected chi connectivity index (χ1v) is 13.1. The number of rotatable bonds is 7. The van der Waals surface area contributed by atoms with Crippen molar-refractivity contribution in [2.24, 2.45) is 0 Å². The minimum absolute atomic E-state index is 0.124. The van der Waals surface area contributed by atoms with Gasteiger partial charge < -0.3 is 15.3 Å². The van der Waals surface area contributed by atoms with Gasteiger partial charge in [0, 0.05) is 43.0 Å². The number of aryl methyl sites for hydroxylation is 1. The third-order valence-electron chi connectivity index (χ3n) is 7.68. The largest absolute Gasteiger partial charge is 0.389 e. The number of likely N-dealkylation sites (tertiary alicyclic amines) is 1. The lowest BCUT2D eigenvalue weighted by Gasteiger charge is -2.38. The standard InChI is InChI=1S/C29H35FN4O2/c30-24-9-7-23(8-10-24)28(35)33-19-15-29(36,16-20-33)21-27-14-18-32-34(27)26-12-5-22(6-13-26)4-11-25-3-1-2-17-31-25/h5-10,12-14,18,25,31,36H,1-4,11,15-17,19-21H2. The Bertz CT molecular complexity index is 1140. The molecule has 2 aliphatic rings. The fourth-order valence-electron chi connectivity index (χ4n) is 5.43. The molecule has 2 saturated heterocycles. The van der Waals surface area contributed by atoms with Gasteiger partial charge in [-0.1, -0.05) is 18.6 Å². The zero-order valence-corrected chi connectivity index (χ0v) is 20.7. The van der Waals surface area contributed by atoms with Crippen LogP contribution in [0.25, 0.3) is 5.69 Å². The molecule has 36 heavy (non-hydrogen) atoms. The van der Waals surface area contributed by atoms with E-state index < -0.39 is 5.60 Å². The fourth-order valence-corrected chi connectivity index (χ4v) is 5.43. The van der Waals surface area contributed by atoms with Gasteiger partial charge in [0.2, 0.25) is 0 Å². The van der Waals surface area contributed by atoms with Crippen LogP contribution in [-0.4, -0.2) is 57.0 Å². The summed E-state index contributed by atoms with van der Waals surface area (Å²) in [7, 11) is 0. The number of halogens is 1. The summed E-state index contributed by atoms with van der Waals surface area (Å²) in [6, 6.07) is 16.8. The fraction of sp³-hybridized carbons (Fsp3) is 0.448. The van der Waals surface area contributed by atoms with Crippen molar-refractivity contribution in [3.63, 3.8) is 0 Å². The molecule has 0 spiro atoms. The molecule has 2 fully saturated rings. The molecular weight excluding hydrogens is 455 g/mol. The quantitative estimate of drug-likeness (QED) is 0.518. The number of hydrogen-bond acceptors (Lipinski definition) is 4. The molecule has 1 unspecified atom stereocenters. The molecular formula is C29H35FN4O2. The Morgan fingerprint density at radius 2 is 1.81 bits per heavy atom. The minimum Gasteiger partial charge on any atom is -0.389 e. The number of aliphatic hydroxyl groups is 1. The van der Waals surface area contributed by atoms with E-state index in [1.165, 1.54) is 55.5 Å². The van der Waals surface area contributed by atoms with Crippen LogP contribution >= 0.6 is 0 Å². The van der Waals surface area contributed by atoms with E-state index in [2.05, 4.69) is 34.7 Å². The van der Waals surface area contributed by atoms with Gasteiger partial charge in [0.05, 0.1) is 11.3 Å². The second-order valence-corrected chi connectivity index (χ2v) is 10.3. The van der Waals surface area contributed by atoms with E-state index in [9.17, 15) is 14.3 Å². The highest BCUT2D eigenvalue weighted by atomic mass is 19.1. The number of carbonyl (C=O) groups excluding carboxylic acids is 1. The monoisotopic (exact) mass is 490 g/mol. The Morgan fingerprint density at radius 1 is 1.06 bits per heavy atom. The van der Waals surface area contributed by atoms with Crippen molar-refractivity contribution < 1.29 is 14.3 Å². The number of benzene rings is 2. The second kappa shape index (κ2) is 10.9. The van der Waals surface area contributed by atoms with Gasteiger partial charge >= 0.3 is 0 Å². The summed E-state index contributed by atoms with van der Waals surface area (Å²) in [5.41, 5.74) is 2.84. The van der Waals surface area contributed by atoms with Gasteiger partial charge in [0.25, 0.3) is 5.91 Å². The Balaban J connectivity index is 1.18. The molecule has 2 aromatic carbocycles. The average Bonchev–Trinajstić information content (AvgIpc) is 3.36. The number of aromatic nitrogens is 2. The number of nitrogens with zero attached hydrogens (tertiary/aromatic N) is 3. The number of hydrogen-bond donors (Lipinski definition) is 2. The van der Waals surface area contributed by atoms with Crippen LogP contribution in [0, 0.1) is 5.82 Å². The lowest BCUT2D eigenvalue weighted by Crippen LogP contribution is -2.48. The van der Waals surface area contributed by atoms with Crippen molar-refractivity contribution in [2.45, 2.75) is 63.0 Å². The van der Waals surface area contributed by atoms with Gasteiger partial charge in [0.1, 0.15) is 5.82 Å². The first kappa shape index (κ1) is 24.7. The highest BCUT2D eigenvalue weighted by Crippen LogP contribution is 2.28. The predicted molar refractivity (Wildman–Crippen MR) is 138 cm³/mol. The van der Waals surface area contributed by atoms with Crippen LogP contribution in [0.2, 0.25) is 0 Å². The van der Waals surface area contributed by atoms with Crippen LogP contribution < -0.4 is 5.32 Å². The van der Waals surface area contributed by atoms with Crippen molar-refractivity contribution >= 4 is 5.91 Å². The Kier molecular flexibility index (Phi) is 7.48. The Morgan fingerprint density at radius 3 is 2.50 bits per heavy atom. The van der Waals surface area contributed by atoms with Crippen LogP contribution in [0.4, 0.5) is 4.39 Å². The molecule has 3 heterocycles. The van der Waals surface area contributed by atoms with Crippen LogP contribution in [-0.2, 0) is 12.8 Å². The minimum atomic E-state index is -0.899. The molecule has 0 bridgehead atoms. The maximum absolute atomic E-state index is 13.2. The predicted octanol–water partition coefficient (Wildman–Crippen LogP) is 4.30. The average molecular weight is 491 g/mol. The summed E-state index contributed by atoms with van der Waals surface area (Å²) >= 11 is 0. The maximum Gasteiger partial charge on any atom is 0.253 e. The van der Waals surface area contributed by atoms with Crippen LogP contribution in [0.3, 0.4) is 0 Å². The first-order valence-electron chi connectivity index (χ1n) is 13.1. The van der Waals surface area contributed by atoms with Crippen molar-refractivity contribution in [2.75, 3.05) is 19.6 Å². The molecule has 5 rings (SSSR count). The molecule has 1 aromatic heterocycles. The normalized spacial score (nSPS) is 19.8. The van der Waals surface area contributed by atoms with Gasteiger partial charge in [-0.3, -0.25) is 4.79 Å². The molecule has 7 heteroatoms. The van der Waals surface area contributed by atoms with E-state index in [1.807, 2.05) is 10.7 Å². The van der Waals surface area contributed by atoms with E-state index >= 15 is 0 Å². The van der Waals surface area contributed by atoms with Gasteiger partial charge in [0.15, 0.2) is 0 Å². The number of nitrogens with one attached hydrogen (secondary N) is 1. The summed E-state index contributed by atoms with van der Waals surface area (Å²) in [6.07, 6.45) is 9.34. The molecule has 2 aliphatic heterocycles. The molecule has 0 saturated carbocycles. The zero-order valence-electron chi connectivity index (χ0n) is 20.7. The van der Waals surface area contributed by atoms with Gasteiger partial charge in [-0.15, -0.1) is 0 Å². The summed E-state index contributed by atoms with van der Waals surface area (Å²) in [5.74, 6) is -0.482. The molecule has 1 atom stereocenters. The van der Waals surface area contributed by atoms with Gasteiger partial charge in [-0.2, -0.15) is 5.10 Å². The van der Waals surface area contributed by atoms with E-state index in [0.717, 1.165) is 24.3 Å². The molecule has 6 nitrogen and oxygen atoms in total. The number of carbonyl (C=O) groups is 1. The van der Waals surface area contributed by atoms with E-state index in [0.29, 0.717) is 44.0 Å². The maximum atomic E-state index is 13.2. The summed E-state index contributed by atoms with van der Waals surface area (Å²) in [5, 5.41) is 19.5. The summed E-state index contributed by atoms with van der Waals surface area (Å²) in [6.45, 7) is 2.07. The smallest absolute Gasteiger partial charge is 0.253 e. The van der Waals surface area contributed by atoms with Crippen LogP contribution in [0.15, 0.2) is 60.8 Å². The first-order chi connectivity index (χ1) is 17.5. The second-order valence-electron chi connectivity index (χ2n) is 10.3. The zero-order chi connectivity index (χ0) is 25.0. The molecule has 2 N–H and O–H groups in total. The van der Waals surface area contributed by atoms with E-state index in [1.54, 1.807) is 11.1 Å². The SMILES string of the molecule is O=C(c1ccc(F)cc1)N1CCC(O)(Cc2ccnn2-c2ccc(CCC3CCCCN3)cc2)CC1. The van der Waals surface area contributed by atoms with Gasteiger partial charge in [-0.25, -0.2) is 9.07 Å². The Labute approximate surface area is 212 Å². The van der Waals surface area contributed by atoms with Crippen molar-refractivity contribution in [3.8, 4) is 5.69 Å². The van der Waals surface area contributed by atoms with Gasteiger partial charge in [-0.05, 0) is 93.1 Å². The van der Waals surface area contributed by atoms with E-state index in [4.69, 9.17) is 0 Å². The highest BCUT2D eigenvalue weighted by Gasteiger charge is 2.35. The third-order valence-corrected chi connectivity index (χ3v) is 7.68. The topological polar surface area (TPSA) is 70.4 Å². The summed E-state index contributed by atoms with van der Waals surface area (Å²) < 4.78 is 15.1. The van der Waals surface area contributed by atoms with Crippen molar-refractivity contribution in [1.82, 2.24) is 20.0 Å². The summed E-state index contributed by atoms with van der Waals surface area (Å²) in [4.78, 5) is 14.5. The van der Waals surface area contributed by atoms with Crippen LogP contribution in [0.1, 0.15) is 60.1 Å². The molecule has 0 aliphatic carbocycles. The molecule has 0 radical (unpaired) electrons. The number of amides is 1. The van der Waals surface area contributed by atoms with Crippen LogP contribution in [0.5, 0.6) is 0 Å². The van der Waals surface area contributed by atoms with Crippen molar-refractivity contribution in [3.05, 3.63) is 83.4 Å².